The van der Waals surface area contributed by atoms with Gasteiger partial charge in [0.15, 0.2) is 0 Å². The van der Waals surface area contributed by atoms with E-state index in [1.54, 1.807) is 47.5 Å². The SMILES string of the molecule is O=C(c1cccc(Cl)c1)N1CCCC(Oc2cccnn2)C1. The lowest BCUT2D eigenvalue weighted by Crippen LogP contribution is -2.44. The number of aromatic nitrogens is 2. The molecule has 1 aromatic heterocycles. The molecule has 1 saturated heterocycles. The molecule has 3 rings (SSSR count). The summed E-state index contributed by atoms with van der Waals surface area (Å²) in [6, 6.07) is 10.6. The van der Waals surface area contributed by atoms with Gasteiger partial charge in [-0.15, -0.1) is 5.10 Å². The van der Waals surface area contributed by atoms with Crippen molar-refractivity contribution < 1.29 is 9.53 Å². The minimum atomic E-state index is -0.0615. The maximum Gasteiger partial charge on any atom is 0.254 e. The van der Waals surface area contributed by atoms with E-state index < -0.39 is 0 Å². The van der Waals surface area contributed by atoms with Crippen molar-refractivity contribution >= 4 is 17.5 Å². The fourth-order valence-corrected chi connectivity index (χ4v) is 2.73. The summed E-state index contributed by atoms with van der Waals surface area (Å²) in [5.41, 5.74) is 0.604. The zero-order valence-corrected chi connectivity index (χ0v) is 12.7. The van der Waals surface area contributed by atoms with Crippen LogP contribution >= 0.6 is 11.6 Å². The lowest BCUT2D eigenvalue weighted by molar-refractivity contribution is 0.0525. The Morgan fingerprint density at radius 3 is 3.00 bits per heavy atom. The number of rotatable bonds is 3. The summed E-state index contributed by atoms with van der Waals surface area (Å²) in [6.07, 6.45) is 3.34. The van der Waals surface area contributed by atoms with Gasteiger partial charge in [-0.05, 0) is 37.1 Å². The van der Waals surface area contributed by atoms with Crippen molar-refractivity contribution in [1.82, 2.24) is 15.1 Å². The first kappa shape index (κ1) is 14.8. The lowest BCUT2D eigenvalue weighted by atomic mass is 10.1. The van der Waals surface area contributed by atoms with E-state index in [1.165, 1.54) is 0 Å². The largest absolute Gasteiger partial charge is 0.471 e. The van der Waals surface area contributed by atoms with E-state index in [9.17, 15) is 4.79 Å². The summed E-state index contributed by atoms with van der Waals surface area (Å²) in [5, 5.41) is 8.28. The molecule has 1 unspecified atom stereocenters. The molecule has 0 aliphatic carbocycles. The van der Waals surface area contributed by atoms with Crippen LogP contribution in [0, 0.1) is 0 Å². The summed E-state index contributed by atoms with van der Waals surface area (Å²) >= 11 is 5.95. The van der Waals surface area contributed by atoms with Crippen LogP contribution in [0.3, 0.4) is 0 Å². The molecule has 1 aliphatic rings. The number of carbonyl (C=O) groups is 1. The second-order valence-corrected chi connectivity index (χ2v) is 5.64. The fourth-order valence-electron chi connectivity index (χ4n) is 2.54. The van der Waals surface area contributed by atoms with Crippen molar-refractivity contribution in [3.63, 3.8) is 0 Å². The fraction of sp³-hybridized carbons (Fsp3) is 0.312. The Kier molecular flexibility index (Phi) is 4.53. The van der Waals surface area contributed by atoms with Gasteiger partial charge in [0.1, 0.15) is 6.10 Å². The number of hydrogen-bond acceptors (Lipinski definition) is 4. The van der Waals surface area contributed by atoms with E-state index in [2.05, 4.69) is 10.2 Å². The molecule has 6 heteroatoms. The van der Waals surface area contributed by atoms with Crippen LogP contribution in [-0.4, -0.2) is 40.2 Å². The average Bonchev–Trinajstić information content (AvgIpc) is 2.55. The minimum Gasteiger partial charge on any atom is -0.471 e. The molecular formula is C16H16ClN3O2. The van der Waals surface area contributed by atoms with Crippen molar-refractivity contribution in [2.24, 2.45) is 0 Å². The lowest BCUT2D eigenvalue weighted by Gasteiger charge is -2.32. The first-order valence-corrected chi connectivity index (χ1v) is 7.59. The molecule has 0 bridgehead atoms. The van der Waals surface area contributed by atoms with Gasteiger partial charge in [-0.3, -0.25) is 4.79 Å². The second-order valence-electron chi connectivity index (χ2n) is 5.21. The Morgan fingerprint density at radius 2 is 2.23 bits per heavy atom. The summed E-state index contributed by atoms with van der Waals surface area (Å²) < 4.78 is 5.80. The summed E-state index contributed by atoms with van der Waals surface area (Å²) in [4.78, 5) is 14.3. The van der Waals surface area contributed by atoms with Crippen LogP contribution in [0.2, 0.25) is 5.02 Å². The number of nitrogens with zero attached hydrogens (tertiary/aromatic N) is 3. The number of carbonyl (C=O) groups excluding carboxylic acids is 1. The van der Waals surface area contributed by atoms with Crippen LogP contribution in [0.25, 0.3) is 0 Å². The van der Waals surface area contributed by atoms with E-state index in [0.717, 1.165) is 19.4 Å². The molecular weight excluding hydrogens is 302 g/mol. The van der Waals surface area contributed by atoms with Crippen LogP contribution in [0.4, 0.5) is 0 Å². The molecule has 1 atom stereocenters. The van der Waals surface area contributed by atoms with Gasteiger partial charge in [-0.2, -0.15) is 5.10 Å². The average molecular weight is 318 g/mol. The number of benzene rings is 1. The maximum atomic E-state index is 12.5. The van der Waals surface area contributed by atoms with Crippen LogP contribution in [0.1, 0.15) is 23.2 Å². The number of ether oxygens (including phenoxy) is 1. The summed E-state index contributed by atoms with van der Waals surface area (Å²) in [6.45, 7) is 1.27. The predicted octanol–water partition coefficient (Wildman–Crippen LogP) is 2.81. The Balaban J connectivity index is 1.66. The van der Waals surface area contributed by atoms with Gasteiger partial charge in [0.2, 0.25) is 5.88 Å². The van der Waals surface area contributed by atoms with E-state index in [-0.39, 0.29) is 12.0 Å². The minimum absolute atomic E-state index is 0.0186. The van der Waals surface area contributed by atoms with E-state index in [0.29, 0.717) is 23.0 Å². The highest BCUT2D eigenvalue weighted by molar-refractivity contribution is 6.30. The van der Waals surface area contributed by atoms with Gasteiger partial charge >= 0.3 is 0 Å². The summed E-state index contributed by atoms with van der Waals surface area (Å²) in [7, 11) is 0. The Labute approximate surface area is 133 Å². The summed E-state index contributed by atoms with van der Waals surface area (Å²) in [5.74, 6) is 0.472. The molecule has 5 nitrogen and oxygen atoms in total. The molecule has 1 fully saturated rings. The molecule has 1 amide bonds. The number of hydrogen-bond donors (Lipinski definition) is 0. The monoisotopic (exact) mass is 317 g/mol. The number of halogens is 1. The number of likely N-dealkylation sites (tertiary alicyclic amines) is 1. The first-order chi connectivity index (χ1) is 10.7. The molecule has 114 valence electrons. The van der Waals surface area contributed by atoms with Crippen LogP contribution in [-0.2, 0) is 0 Å². The third-order valence-corrected chi connectivity index (χ3v) is 3.81. The van der Waals surface area contributed by atoms with Crippen molar-refractivity contribution in [2.75, 3.05) is 13.1 Å². The second kappa shape index (κ2) is 6.75. The zero-order chi connectivity index (χ0) is 15.4. The molecule has 0 spiro atoms. The van der Waals surface area contributed by atoms with Crippen LogP contribution in [0.15, 0.2) is 42.6 Å². The van der Waals surface area contributed by atoms with Crippen LogP contribution < -0.4 is 4.74 Å². The van der Waals surface area contributed by atoms with Crippen molar-refractivity contribution in [3.05, 3.63) is 53.2 Å². The van der Waals surface area contributed by atoms with Gasteiger partial charge in [-0.1, -0.05) is 17.7 Å². The zero-order valence-electron chi connectivity index (χ0n) is 12.0. The molecule has 0 N–H and O–H groups in total. The quantitative estimate of drug-likeness (QED) is 0.873. The Hall–Kier alpha value is -2.14. The smallest absolute Gasteiger partial charge is 0.254 e. The number of amides is 1. The Morgan fingerprint density at radius 1 is 1.32 bits per heavy atom. The first-order valence-electron chi connectivity index (χ1n) is 7.21. The van der Waals surface area contributed by atoms with E-state index >= 15 is 0 Å². The van der Waals surface area contributed by atoms with Crippen LogP contribution in [0.5, 0.6) is 5.88 Å². The standard InChI is InChI=1S/C16H16ClN3O2/c17-13-5-1-4-12(10-13)16(21)20-9-3-6-14(11-20)22-15-7-2-8-18-19-15/h1-2,4-5,7-8,10,14H,3,6,9,11H2. The molecule has 22 heavy (non-hydrogen) atoms. The molecule has 1 aliphatic heterocycles. The normalized spacial score (nSPS) is 18.0. The Bertz CT molecular complexity index is 651. The number of piperidine rings is 1. The van der Waals surface area contributed by atoms with Crippen molar-refractivity contribution in [2.45, 2.75) is 18.9 Å². The topological polar surface area (TPSA) is 55.3 Å². The highest BCUT2D eigenvalue weighted by Crippen LogP contribution is 2.19. The van der Waals surface area contributed by atoms with Gasteiger partial charge in [-0.25, -0.2) is 0 Å². The molecule has 2 heterocycles. The predicted molar refractivity (Wildman–Crippen MR) is 83.0 cm³/mol. The van der Waals surface area contributed by atoms with Gasteiger partial charge in [0, 0.05) is 29.4 Å². The third-order valence-electron chi connectivity index (χ3n) is 3.57. The third kappa shape index (κ3) is 3.54. The van der Waals surface area contributed by atoms with Gasteiger partial charge < -0.3 is 9.64 Å². The van der Waals surface area contributed by atoms with Gasteiger partial charge in [0.05, 0.1) is 6.54 Å². The molecule has 0 radical (unpaired) electrons. The van der Waals surface area contributed by atoms with Crippen molar-refractivity contribution in [1.29, 1.82) is 0 Å². The highest BCUT2D eigenvalue weighted by atomic mass is 35.5. The highest BCUT2D eigenvalue weighted by Gasteiger charge is 2.26. The van der Waals surface area contributed by atoms with Crippen molar-refractivity contribution in [3.8, 4) is 5.88 Å². The molecule has 0 saturated carbocycles. The van der Waals surface area contributed by atoms with E-state index in [4.69, 9.17) is 16.3 Å². The van der Waals surface area contributed by atoms with E-state index in [1.807, 2.05) is 0 Å². The molecule has 2 aromatic rings. The molecule has 1 aromatic carbocycles. The van der Waals surface area contributed by atoms with Gasteiger partial charge in [0.25, 0.3) is 5.91 Å². The maximum absolute atomic E-state index is 12.5.